The lowest BCUT2D eigenvalue weighted by Crippen LogP contribution is -2.10. The van der Waals surface area contributed by atoms with E-state index in [9.17, 15) is 0 Å². The number of H-pyrrole nitrogens is 1. The van der Waals surface area contributed by atoms with Crippen molar-refractivity contribution in [3.8, 4) is 11.4 Å². The van der Waals surface area contributed by atoms with Crippen LogP contribution in [0.5, 0.6) is 0 Å². The Hall–Kier alpha value is -3.67. The molecule has 2 N–H and O–H groups in total. The van der Waals surface area contributed by atoms with Gasteiger partial charge in [-0.1, -0.05) is 42.5 Å². The molecule has 4 aromatic rings. The predicted molar refractivity (Wildman–Crippen MR) is 108 cm³/mol. The topological polar surface area (TPSA) is 69.7 Å². The van der Waals surface area contributed by atoms with Crippen molar-refractivity contribution >= 4 is 27.8 Å². The third-order valence-electron chi connectivity index (χ3n) is 4.91. The summed E-state index contributed by atoms with van der Waals surface area (Å²) in [6.07, 6.45) is 4.26. The average Bonchev–Trinajstić information content (AvgIpc) is 3.15. The molecule has 5 rings (SSSR count). The Bertz CT molecular complexity index is 1150. The van der Waals surface area contributed by atoms with Crippen LogP contribution in [0.15, 0.2) is 66.9 Å². The van der Waals surface area contributed by atoms with Crippen LogP contribution in [0.4, 0.5) is 17.1 Å². The third kappa shape index (κ3) is 2.62. The maximum atomic E-state index is 4.04. The largest absolute Gasteiger partial charge is 0.379 e. The summed E-state index contributed by atoms with van der Waals surface area (Å²) in [7, 11) is 0. The van der Waals surface area contributed by atoms with Crippen LogP contribution in [0.25, 0.3) is 22.2 Å². The quantitative estimate of drug-likeness (QED) is 0.558. The van der Waals surface area contributed by atoms with E-state index in [1.807, 2.05) is 6.07 Å². The van der Waals surface area contributed by atoms with Crippen molar-refractivity contribution in [3.05, 3.63) is 72.4 Å². The van der Waals surface area contributed by atoms with Crippen LogP contribution in [-0.2, 0) is 0 Å². The fourth-order valence-electron chi connectivity index (χ4n) is 3.55. The van der Waals surface area contributed by atoms with E-state index in [-0.39, 0.29) is 0 Å². The van der Waals surface area contributed by atoms with Crippen LogP contribution < -0.4 is 10.2 Å². The lowest BCUT2D eigenvalue weighted by molar-refractivity contribution is 0.881. The first-order chi connectivity index (χ1) is 13.3. The minimum Gasteiger partial charge on any atom is -0.379 e. The number of fused-ring (bicyclic) bond motifs is 3. The molecule has 0 unspecified atom stereocenters. The van der Waals surface area contributed by atoms with Gasteiger partial charge < -0.3 is 10.2 Å². The molecule has 2 heterocycles. The van der Waals surface area contributed by atoms with Gasteiger partial charge in [-0.15, -0.1) is 5.10 Å². The molecule has 0 aliphatic carbocycles. The van der Waals surface area contributed by atoms with E-state index in [2.05, 4.69) is 98.6 Å². The van der Waals surface area contributed by atoms with Crippen LogP contribution in [0.2, 0.25) is 0 Å². The standard InChI is InChI=1S/C21H18N6/c1-14-7-8-16(21-23-25-26-24-21)13-19(14)27-12-4-11-22-20-17-6-3-2-5-15(17)9-10-18(20)27/h2-10,12-13,22H,11H2,1H3,(H,23,24,25,26). The van der Waals surface area contributed by atoms with Gasteiger partial charge in [-0.2, -0.15) is 0 Å². The summed E-state index contributed by atoms with van der Waals surface area (Å²) >= 11 is 0. The highest BCUT2D eigenvalue weighted by Crippen LogP contribution is 2.40. The van der Waals surface area contributed by atoms with Crippen molar-refractivity contribution in [1.82, 2.24) is 20.6 Å². The summed E-state index contributed by atoms with van der Waals surface area (Å²) in [6.45, 7) is 2.90. The van der Waals surface area contributed by atoms with Crippen molar-refractivity contribution in [1.29, 1.82) is 0 Å². The molecule has 27 heavy (non-hydrogen) atoms. The highest BCUT2D eigenvalue weighted by atomic mass is 15.5. The number of aryl methyl sites for hydroxylation is 1. The Morgan fingerprint density at radius 2 is 1.93 bits per heavy atom. The van der Waals surface area contributed by atoms with Gasteiger partial charge in [0.25, 0.3) is 0 Å². The summed E-state index contributed by atoms with van der Waals surface area (Å²) in [4.78, 5) is 2.23. The molecule has 1 aliphatic heterocycles. The van der Waals surface area contributed by atoms with E-state index in [1.54, 1.807) is 0 Å². The maximum absolute atomic E-state index is 4.04. The number of anilines is 3. The molecule has 6 heteroatoms. The Morgan fingerprint density at radius 3 is 2.81 bits per heavy atom. The third-order valence-corrected chi connectivity index (χ3v) is 4.91. The van der Waals surface area contributed by atoms with Crippen molar-refractivity contribution in [2.45, 2.75) is 6.92 Å². The minimum absolute atomic E-state index is 0.659. The second-order valence-corrected chi connectivity index (χ2v) is 6.57. The van der Waals surface area contributed by atoms with Gasteiger partial charge in [0, 0.05) is 29.4 Å². The lowest BCUT2D eigenvalue weighted by Gasteiger charge is -2.25. The Balaban J connectivity index is 1.70. The van der Waals surface area contributed by atoms with E-state index in [4.69, 9.17) is 0 Å². The second-order valence-electron chi connectivity index (χ2n) is 6.57. The van der Waals surface area contributed by atoms with Crippen LogP contribution >= 0.6 is 0 Å². The van der Waals surface area contributed by atoms with Crippen LogP contribution in [0, 0.1) is 6.92 Å². The van der Waals surface area contributed by atoms with Crippen molar-refractivity contribution in [2.24, 2.45) is 0 Å². The van der Waals surface area contributed by atoms with Crippen molar-refractivity contribution < 1.29 is 0 Å². The zero-order chi connectivity index (χ0) is 18.2. The molecule has 0 amide bonds. The number of hydrogen-bond acceptors (Lipinski definition) is 5. The molecular weight excluding hydrogens is 336 g/mol. The highest BCUT2D eigenvalue weighted by molar-refractivity contribution is 6.02. The first kappa shape index (κ1) is 15.6. The van der Waals surface area contributed by atoms with Crippen LogP contribution in [0.1, 0.15) is 5.56 Å². The number of aromatic nitrogens is 4. The molecule has 0 saturated carbocycles. The number of hydrogen-bond donors (Lipinski definition) is 2. The lowest BCUT2D eigenvalue weighted by atomic mass is 10.0. The average molecular weight is 354 g/mol. The molecule has 0 radical (unpaired) electrons. The number of nitrogens with one attached hydrogen (secondary N) is 2. The molecule has 0 fully saturated rings. The van der Waals surface area contributed by atoms with Crippen LogP contribution in [-0.4, -0.2) is 27.2 Å². The molecule has 6 nitrogen and oxygen atoms in total. The molecule has 0 saturated heterocycles. The first-order valence-corrected chi connectivity index (χ1v) is 8.87. The van der Waals surface area contributed by atoms with Gasteiger partial charge in [-0.05, 0) is 46.5 Å². The van der Waals surface area contributed by atoms with Crippen molar-refractivity contribution in [2.75, 3.05) is 16.8 Å². The summed E-state index contributed by atoms with van der Waals surface area (Å²) in [6, 6.07) is 19.0. The Labute approximate surface area is 156 Å². The normalized spacial score (nSPS) is 13.3. The molecule has 3 aromatic carbocycles. The van der Waals surface area contributed by atoms with Gasteiger partial charge in [-0.3, -0.25) is 0 Å². The van der Waals surface area contributed by atoms with E-state index >= 15 is 0 Å². The zero-order valence-electron chi connectivity index (χ0n) is 14.8. The zero-order valence-corrected chi connectivity index (χ0v) is 14.8. The van der Waals surface area contributed by atoms with Crippen molar-refractivity contribution in [3.63, 3.8) is 0 Å². The molecule has 132 valence electrons. The summed E-state index contributed by atoms with van der Waals surface area (Å²) in [5.74, 6) is 0.659. The van der Waals surface area contributed by atoms with Gasteiger partial charge in [0.1, 0.15) is 0 Å². The molecule has 1 aromatic heterocycles. The molecule has 1 aliphatic rings. The van der Waals surface area contributed by atoms with Crippen LogP contribution in [0.3, 0.4) is 0 Å². The molecule has 0 atom stereocenters. The fourth-order valence-corrected chi connectivity index (χ4v) is 3.55. The summed E-state index contributed by atoms with van der Waals surface area (Å²) in [5, 5.41) is 20.3. The molecule has 0 spiro atoms. The number of rotatable bonds is 2. The van der Waals surface area contributed by atoms with Gasteiger partial charge in [-0.25, -0.2) is 5.10 Å². The second kappa shape index (κ2) is 6.25. The predicted octanol–water partition coefficient (Wildman–Crippen LogP) is 4.41. The number of tetrazole rings is 1. The van der Waals surface area contributed by atoms with E-state index < -0.39 is 0 Å². The maximum Gasteiger partial charge on any atom is 0.179 e. The monoisotopic (exact) mass is 354 g/mol. The van der Waals surface area contributed by atoms with E-state index in [0.717, 1.165) is 29.2 Å². The highest BCUT2D eigenvalue weighted by Gasteiger charge is 2.18. The molecular formula is C21H18N6. The van der Waals surface area contributed by atoms with E-state index in [0.29, 0.717) is 5.82 Å². The minimum atomic E-state index is 0.659. The number of aromatic amines is 1. The van der Waals surface area contributed by atoms with E-state index in [1.165, 1.54) is 16.3 Å². The summed E-state index contributed by atoms with van der Waals surface area (Å²) in [5.41, 5.74) is 5.49. The number of nitrogens with zero attached hydrogens (tertiary/aromatic N) is 4. The van der Waals surface area contributed by atoms with Gasteiger partial charge in [0.05, 0.1) is 11.4 Å². The Kier molecular flexibility index (Phi) is 3.60. The smallest absolute Gasteiger partial charge is 0.179 e. The SMILES string of the molecule is Cc1ccc(-c2nnn[nH]2)cc1N1C=CCNc2c1ccc1ccccc21. The van der Waals surface area contributed by atoms with Gasteiger partial charge >= 0.3 is 0 Å². The fraction of sp³-hybridized carbons (Fsp3) is 0.0952. The first-order valence-electron chi connectivity index (χ1n) is 8.87. The molecule has 0 bridgehead atoms. The van der Waals surface area contributed by atoms with Gasteiger partial charge in [0.15, 0.2) is 5.82 Å². The Morgan fingerprint density at radius 1 is 1.00 bits per heavy atom. The summed E-state index contributed by atoms with van der Waals surface area (Å²) < 4.78 is 0. The number of benzene rings is 3. The van der Waals surface area contributed by atoms with Gasteiger partial charge in [0.2, 0.25) is 0 Å².